The first-order valence-electron chi connectivity index (χ1n) is 5.02. The highest BCUT2D eigenvalue weighted by Crippen LogP contribution is 2.23. The van der Waals surface area contributed by atoms with Gasteiger partial charge in [-0.1, -0.05) is 18.2 Å². The van der Waals surface area contributed by atoms with Crippen LogP contribution in [0.4, 0.5) is 5.69 Å². The molecule has 4 heteroatoms. The Balaban J connectivity index is 2.43. The van der Waals surface area contributed by atoms with Crippen molar-refractivity contribution in [3.63, 3.8) is 0 Å². The van der Waals surface area contributed by atoms with Crippen LogP contribution in [0.1, 0.15) is 13.8 Å². The van der Waals surface area contributed by atoms with Gasteiger partial charge in [0, 0.05) is 5.70 Å². The zero-order chi connectivity index (χ0) is 11.7. The van der Waals surface area contributed by atoms with E-state index in [0.29, 0.717) is 17.0 Å². The van der Waals surface area contributed by atoms with Crippen LogP contribution < -0.4 is 10.7 Å². The van der Waals surface area contributed by atoms with E-state index >= 15 is 0 Å². The third kappa shape index (κ3) is 1.58. The number of hydrogen-bond donors (Lipinski definition) is 1. The normalized spacial score (nSPS) is 18.8. The van der Waals surface area contributed by atoms with Gasteiger partial charge in [-0.2, -0.15) is 10.1 Å². The quantitative estimate of drug-likeness (QED) is 0.724. The summed E-state index contributed by atoms with van der Waals surface area (Å²) in [6, 6.07) is 9.30. The molecule has 2 N–H and O–H groups in total. The minimum absolute atomic E-state index is 0.163. The van der Waals surface area contributed by atoms with Crippen LogP contribution in [-0.2, 0) is 4.79 Å². The second-order valence-corrected chi connectivity index (χ2v) is 3.70. The Bertz CT molecular complexity index is 484. The molecular formula is C12H13N3O. The molecule has 0 saturated heterocycles. The molecule has 1 aliphatic rings. The van der Waals surface area contributed by atoms with Crippen molar-refractivity contribution >= 4 is 17.3 Å². The molecule has 2 rings (SSSR count). The van der Waals surface area contributed by atoms with Gasteiger partial charge in [0.1, 0.15) is 0 Å². The molecule has 0 aliphatic carbocycles. The van der Waals surface area contributed by atoms with E-state index in [1.165, 1.54) is 5.01 Å². The fourth-order valence-electron chi connectivity index (χ4n) is 1.70. The SMILES string of the molecule is CC1=NN(c2ccccc2)C(=O)/C1=C(\C)N. The Morgan fingerprint density at radius 3 is 2.44 bits per heavy atom. The number of rotatable bonds is 1. The maximum Gasteiger partial charge on any atom is 0.282 e. The Labute approximate surface area is 94.1 Å². The number of allylic oxidation sites excluding steroid dienone is 1. The lowest BCUT2D eigenvalue weighted by Gasteiger charge is -2.11. The summed E-state index contributed by atoms with van der Waals surface area (Å²) < 4.78 is 0. The lowest BCUT2D eigenvalue weighted by molar-refractivity contribution is -0.114. The third-order valence-corrected chi connectivity index (χ3v) is 2.41. The second-order valence-electron chi connectivity index (χ2n) is 3.70. The number of nitrogens with zero attached hydrogens (tertiary/aromatic N) is 2. The van der Waals surface area contributed by atoms with Gasteiger partial charge in [-0.05, 0) is 26.0 Å². The Hall–Kier alpha value is -2.10. The number of hydrogen-bond acceptors (Lipinski definition) is 3. The fraction of sp³-hybridized carbons (Fsp3) is 0.167. The molecule has 0 atom stereocenters. The molecule has 82 valence electrons. The number of benzene rings is 1. The molecule has 1 heterocycles. The molecule has 0 spiro atoms. The van der Waals surface area contributed by atoms with E-state index < -0.39 is 0 Å². The van der Waals surface area contributed by atoms with Crippen LogP contribution in [0.2, 0.25) is 0 Å². The van der Waals surface area contributed by atoms with Crippen molar-refractivity contribution in [1.82, 2.24) is 0 Å². The first-order chi connectivity index (χ1) is 7.61. The van der Waals surface area contributed by atoms with Crippen LogP contribution in [0, 0.1) is 0 Å². The third-order valence-electron chi connectivity index (χ3n) is 2.41. The summed E-state index contributed by atoms with van der Waals surface area (Å²) in [6.07, 6.45) is 0. The average Bonchev–Trinajstić information content (AvgIpc) is 2.55. The van der Waals surface area contributed by atoms with Crippen molar-refractivity contribution in [2.75, 3.05) is 5.01 Å². The lowest BCUT2D eigenvalue weighted by Crippen LogP contribution is -2.23. The summed E-state index contributed by atoms with van der Waals surface area (Å²) in [4.78, 5) is 12.0. The first-order valence-corrected chi connectivity index (χ1v) is 5.02. The van der Waals surface area contributed by atoms with Crippen molar-refractivity contribution in [3.05, 3.63) is 41.6 Å². The number of para-hydroxylation sites is 1. The van der Waals surface area contributed by atoms with E-state index in [-0.39, 0.29) is 5.91 Å². The van der Waals surface area contributed by atoms with Crippen molar-refractivity contribution in [1.29, 1.82) is 0 Å². The summed E-state index contributed by atoms with van der Waals surface area (Å²) >= 11 is 0. The molecule has 0 fully saturated rings. The smallest absolute Gasteiger partial charge is 0.282 e. The maximum absolute atomic E-state index is 12.0. The average molecular weight is 215 g/mol. The van der Waals surface area contributed by atoms with Crippen molar-refractivity contribution < 1.29 is 4.79 Å². The molecule has 0 radical (unpaired) electrons. The second kappa shape index (κ2) is 3.81. The van der Waals surface area contributed by atoms with Crippen molar-refractivity contribution in [3.8, 4) is 0 Å². The van der Waals surface area contributed by atoms with Gasteiger partial charge in [0.2, 0.25) is 0 Å². The standard InChI is InChI=1S/C12H13N3O/c1-8(13)11-9(2)14-15(12(11)16)10-6-4-3-5-7-10/h3-7H,13H2,1-2H3/b11-8+. The number of hydrazone groups is 1. The molecular weight excluding hydrogens is 202 g/mol. The van der Waals surface area contributed by atoms with Gasteiger partial charge in [-0.15, -0.1) is 0 Å². The molecule has 0 unspecified atom stereocenters. The van der Waals surface area contributed by atoms with E-state index in [1.54, 1.807) is 13.8 Å². The summed E-state index contributed by atoms with van der Waals surface area (Å²) in [6.45, 7) is 3.49. The van der Waals surface area contributed by atoms with Gasteiger partial charge in [-0.25, -0.2) is 0 Å². The van der Waals surface area contributed by atoms with Crippen LogP contribution in [-0.4, -0.2) is 11.6 Å². The molecule has 1 amide bonds. The predicted octanol–water partition coefficient (Wildman–Crippen LogP) is 1.64. The zero-order valence-electron chi connectivity index (χ0n) is 9.27. The summed E-state index contributed by atoms with van der Waals surface area (Å²) in [5.41, 5.74) is 8.09. The number of carbonyl (C=O) groups is 1. The fourth-order valence-corrected chi connectivity index (χ4v) is 1.70. The number of nitrogens with two attached hydrogens (primary N) is 1. The summed E-state index contributed by atoms with van der Waals surface area (Å²) in [5, 5.41) is 5.58. The topological polar surface area (TPSA) is 58.7 Å². The summed E-state index contributed by atoms with van der Waals surface area (Å²) in [5.74, 6) is -0.163. The molecule has 1 aliphatic heterocycles. The highest BCUT2D eigenvalue weighted by atomic mass is 16.2. The molecule has 1 aromatic rings. The molecule has 0 aromatic heterocycles. The molecule has 4 nitrogen and oxygen atoms in total. The van der Waals surface area contributed by atoms with Gasteiger partial charge in [0.15, 0.2) is 0 Å². The molecule has 0 saturated carbocycles. The maximum atomic E-state index is 12.0. The minimum Gasteiger partial charge on any atom is -0.402 e. The van der Waals surface area contributed by atoms with E-state index in [0.717, 1.165) is 5.69 Å². The lowest BCUT2D eigenvalue weighted by atomic mass is 10.1. The van der Waals surface area contributed by atoms with Gasteiger partial charge in [-0.3, -0.25) is 4.79 Å². The van der Waals surface area contributed by atoms with Gasteiger partial charge in [0.25, 0.3) is 5.91 Å². The monoisotopic (exact) mass is 215 g/mol. The van der Waals surface area contributed by atoms with Crippen molar-refractivity contribution in [2.45, 2.75) is 13.8 Å². The van der Waals surface area contributed by atoms with Crippen molar-refractivity contribution in [2.24, 2.45) is 10.8 Å². The summed E-state index contributed by atoms with van der Waals surface area (Å²) in [7, 11) is 0. The van der Waals surface area contributed by atoms with E-state index in [9.17, 15) is 4.79 Å². The van der Waals surface area contributed by atoms with E-state index in [1.807, 2.05) is 30.3 Å². The molecule has 1 aromatic carbocycles. The molecule has 0 bridgehead atoms. The zero-order valence-corrected chi connectivity index (χ0v) is 9.27. The highest BCUT2D eigenvalue weighted by Gasteiger charge is 2.29. The highest BCUT2D eigenvalue weighted by molar-refractivity contribution is 6.30. The van der Waals surface area contributed by atoms with Crippen LogP contribution >= 0.6 is 0 Å². The van der Waals surface area contributed by atoms with E-state index in [2.05, 4.69) is 5.10 Å². The van der Waals surface area contributed by atoms with Crippen LogP contribution in [0.5, 0.6) is 0 Å². The predicted molar refractivity (Wildman–Crippen MR) is 63.9 cm³/mol. The largest absolute Gasteiger partial charge is 0.402 e. The van der Waals surface area contributed by atoms with Crippen LogP contribution in [0.25, 0.3) is 0 Å². The van der Waals surface area contributed by atoms with Gasteiger partial charge in [0.05, 0.1) is 17.0 Å². The Morgan fingerprint density at radius 1 is 1.31 bits per heavy atom. The number of amides is 1. The van der Waals surface area contributed by atoms with Crippen LogP contribution in [0.3, 0.4) is 0 Å². The number of carbonyl (C=O) groups excluding carboxylic acids is 1. The van der Waals surface area contributed by atoms with E-state index in [4.69, 9.17) is 5.73 Å². The van der Waals surface area contributed by atoms with Gasteiger partial charge < -0.3 is 5.73 Å². The van der Waals surface area contributed by atoms with Crippen LogP contribution in [0.15, 0.2) is 46.7 Å². The Morgan fingerprint density at radius 2 is 1.94 bits per heavy atom. The Kier molecular flexibility index (Phi) is 2.48. The first kappa shape index (κ1) is 10.4. The van der Waals surface area contributed by atoms with Gasteiger partial charge >= 0.3 is 0 Å². The number of anilines is 1. The molecule has 16 heavy (non-hydrogen) atoms. The minimum atomic E-state index is -0.163.